The number of halogens is 1. The Balaban J connectivity index is 1.75. The maximum Gasteiger partial charge on any atom is 0.225 e. The summed E-state index contributed by atoms with van der Waals surface area (Å²) in [6, 6.07) is 14.5. The molecule has 4 aromatic rings. The number of hydrogen-bond acceptors (Lipinski definition) is 6. The Morgan fingerprint density at radius 3 is 2.62 bits per heavy atom. The molecular weight excluding hydrogens is 371 g/mol. The number of benzene rings is 2. The van der Waals surface area contributed by atoms with E-state index in [0.717, 1.165) is 18.5 Å². The Bertz CT molecular complexity index is 1200. The van der Waals surface area contributed by atoms with Crippen molar-refractivity contribution in [3.63, 3.8) is 0 Å². The Morgan fingerprint density at radius 1 is 1.14 bits per heavy atom. The Morgan fingerprint density at radius 2 is 1.93 bits per heavy atom. The summed E-state index contributed by atoms with van der Waals surface area (Å²) in [5, 5.41) is 8.36. The van der Waals surface area contributed by atoms with Crippen molar-refractivity contribution < 1.29 is 9.13 Å². The normalized spacial score (nSPS) is 13.6. The molecule has 3 N–H and O–H groups in total. The number of anilines is 2. The Labute approximate surface area is 166 Å². The summed E-state index contributed by atoms with van der Waals surface area (Å²) >= 11 is 0. The average Bonchev–Trinajstić information content (AvgIpc) is 3.49. The molecule has 29 heavy (non-hydrogen) atoms. The molecule has 8 heteroatoms. The van der Waals surface area contributed by atoms with Crippen molar-refractivity contribution in [2.75, 3.05) is 18.2 Å². The molecule has 0 saturated heterocycles. The van der Waals surface area contributed by atoms with E-state index in [1.807, 2.05) is 30.3 Å². The van der Waals surface area contributed by atoms with Gasteiger partial charge >= 0.3 is 0 Å². The lowest BCUT2D eigenvalue weighted by Gasteiger charge is -2.09. The molecule has 0 unspecified atom stereocenters. The molecule has 0 radical (unpaired) electrons. The molecule has 1 saturated carbocycles. The van der Waals surface area contributed by atoms with Crippen LogP contribution in [0.5, 0.6) is 5.75 Å². The predicted octanol–water partition coefficient (Wildman–Crippen LogP) is 3.79. The van der Waals surface area contributed by atoms with Gasteiger partial charge in [-0.25, -0.2) is 14.1 Å². The highest BCUT2D eigenvalue weighted by atomic mass is 19.1. The number of nitrogens with two attached hydrogens (primary N) is 1. The number of fused-ring (bicyclic) bond motifs is 1. The van der Waals surface area contributed by atoms with Crippen molar-refractivity contribution in [1.82, 2.24) is 19.7 Å². The quantitative estimate of drug-likeness (QED) is 0.539. The maximum atomic E-state index is 14.9. The second kappa shape index (κ2) is 6.73. The van der Waals surface area contributed by atoms with Gasteiger partial charge in [-0.3, -0.25) is 0 Å². The fourth-order valence-corrected chi connectivity index (χ4v) is 3.26. The number of nitrogen functional groups attached to an aromatic ring is 1. The van der Waals surface area contributed by atoms with Crippen molar-refractivity contribution in [3.05, 3.63) is 54.3 Å². The number of methoxy groups -OCH3 is 1. The zero-order chi connectivity index (χ0) is 20.0. The standard InChI is InChI=1S/C21H19FN6O/c1-29-14-9-10-15(16(22)11-14)18-17-19(23)28(13-5-3-2-4-6-13)27-20(17)26-21(25-18)24-12-7-8-12/h2-6,9-12H,7-8,23H2,1H3,(H,24,26,27). The van der Waals surface area contributed by atoms with Gasteiger partial charge in [-0.1, -0.05) is 18.2 Å². The fourth-order valence-electron chi connectivity index (χ4n) is 3.26. The van der Waals surface area contributed by atoms with Crippen LogP contribution in [-0.4, -0.2) is 32.9 Å². The minimum atomic E-state index is -0.450. The van der Waals surface area contributed by atoms with E-state index in [9.17, 15) is 4.39 Å². The third-order valence-electron chi connectivity index (χ3n) is 4.91. The van der Waals surface area contributed by atoms with E-state index in [4.69, 9.17) is 10.5 Å². The molecule has 0 atom stereocenters. The molecule has 2 aromatic carbocycles. The second-order valence-corrected chi connectivity index (χ2v) is 6.99. The van der Waals surface area contributed by atoms with Gasteiger partial charge in [0.2, 0.25) is 5.95 Å². The number of nitrogens with zero attached hydrogens (tertiary/aromatic N) is 4. The number of para-hydroxylation sites is 1. The number of nitrogens with one attached hydrogen (secondary N) is 1. The van der Waals surface area contributed by atoms with Gasteiger partial charge in [0, 0.05) is 17.7 Å². The van der Waals surface area contributed by atoms with Crippen molar-refractivity contribution >= 4 is 22.8 Å². The van der Waals surface area contributed by atoms with E-state index in [1.54, 1.807) is 16.8 Å². The summed E-state index contributed by atoms with van der Waals surface area (Å²) in [5.74, 6) is 0.756. The van der Waals surface area contributed by atoms with Crippen molar-refractivity contribution in [1.29, 1.82) is 0 Å². The van der Waals surface area contributed by atoms with Crippen LogP contribution in [0.25, 0.3) is 28.0 Å². The molecule has 5 rings (SSSR count). The number of hydrogen-bond donors (Lipinski definition) is 2. The third kappa shape index (κ3) is 3.12. The maximum absolute atomic E-state index is 14.9. The van der Waals surface area contributed by atoms with Crippen LogP contribution in [-0.2, 0) is 0 Å². The van der Waals surface area contributed by atoms with Crippen LogP contribution in [0.1, 0.15) is 12.8 Å². The predicted molar refractivity (Wildman–Crippen MR) is 110 cm³/mol. The summed E-state index contributed by atoms with van der Waals surface area (Å²) in [7, 11) is 1.50. The van der Waals surface area contributed by atoms with Crippen LogP contribution in [0, 0.1) is 5.82 Å². The van der Waals surface area contributed by atoms with Gasteiger partial charge in [-0.05, 0) is 37.1 Å². The van der Waals surface area contributed by atoms with Crippen molar-refractivity contribution in [3.8, 4) is 22.7 Å². The molecule has 0 amide bonds. The van der Waals surface area contributed by atoms with Crippen LogP contribution in [0.3, 0.4) is 0 Å². The smallest absolute Gasteiger partial charge is 0.225 e. The molecule has 1 aliphatic carbocycles. The highest BCUT2D eigenvalue weighted by Gasteiger charge is 2.25. The first-order valence-corrected chi connectivity index (χ1v) is 9.36. The summed E-state index contributed by atoms with van der Waals surface area (Å²) in [5.41, 5.74) is 8.35. The molecule has 0 bridgehead atoms. The van der Waals surface area contributed by atoms with Crippen LogP contribution in [0.2, 0.25) is 0 Å². The van der Waals surface area contributed by atoms with Gasteiger partial charge in [0.1, 0.15) is 17.4 Å². The largest absolute Gasteiger partial charge is 0.497 e. The molecule has 0 spiro atoms. The molecule has 7 nitrogen and oxygen atoms in total. The summed E-state index contributed by atoms with van der Waals surface area (Å²) in [6.07, 6.45) is 2.13. The lowest BCUT2D eigenvalue weighted by Crippen LogP contribution is -2.07. The topological polar surface area (TPSA) is 90.9 Å². The van der Waals surface area contributed by atoms with Crippen LogP contribution >= 0.6 is 0 Å². The van der Waals surface area contributed by atoms with Gasteiger partial charge < -0.3 is 15.8 Å². The highest BCUT2D eigenvalue weighted by molar-refractivity contribution is 5.99. The fraction of sp³-hybridized carbons (Fsp3) is 0.190. The Kier molecular flexibility index (Phi) is 4.04. The minimum Gasteiger partial charge on any atom is -0.497 e. The van der Waals surface area contributed by atoms with Crippen molar-refractivity contribution in [2.24, 2.45) is 0 Å². The first-order valence-electron chi connectivity index (χ1n) is 9.36. The van der Waals surface area contributed by atoms with Crippen LogP contribution in [0.15, 0.2) is 48.5 Å². The van der Waals surface area contributed by atoms with E-state index in [1.165, 1.54) is 13.2 Å². The van der Waals surface area contributed by atoms with Gasteiger partial charge in [0.05, 0.1) is 23.9 Å². The first kappa shape index (κ1) is 17.4. The molecular formula is C21H19FN6O. The van der Waals surface area contributed by atoms with Gasteiger partial charge in [-0.15, -0.1) is 5.10 Å². The van der Waals surface area contributed by atoms with Crippen molar-refractivity contribution in [2.45, 2.75) is 18.9 Å². The molecule has 1 aliphatic rings. The minimum absolute atomic E-state index is 0.316. The lowest BCUT2D eigenvalue weighted by atomic mass is 10.1. The molecule has 1 fully saturated rings. The lowest BCUT2D eigenvalue weighted by molar-refractivity contribution is 0.411. The SMILES string of the molecule is COc1ccc(-c2nc(NC3CC3)nc3nn(-c4ccccc4)c(N)c23)c(F)c1. The summed E-state index contributed by atoms with van der Waals surface area (Å²) in [4.78, 5) is 9.13. The summed E-state index contributed by atoms with van der Waals surface area (Å²) in [6.45, 7) is 0. The van der Waals surface area contributed by atoms with Gasteiger partial charge in [-0.2, -0.15) is 4.98 Å². The average molecular weight is 390 g/mol. The zero-order valence-electron chi connectivity index (χ0n) is 15.8. The van der Waals surface area contributed by atoms with E-state index in [-0.39, 0.29) is 0 Å². The van der Waals surface area contributed by atoms with E-state index in [2.05, 4.69) is 20.4 Å². The number of aromatic nitrogens is 4. The number of ether oxygens (including phenoxy) is 1. The summed E-state index contributed by atoms with van der Waals surface area (Å²) < 4.78 is 21.6. The van der Waals surface area contributed by atoms with E-state index < -0.39 is 5.82 Å². The Hall–Kier alpha value is -3.68. The highest BCUT2D eigenvalue weighted by Crippen LogP contribution is 2.35. The molecule has 2 aromatic heterocycles. The zero-order valence-corrected chi connectivity index (χ0v) is 15.8. The molecule has 2 heterocycles. The van der Waals surface area contributed by atoms with Gasteiger partial charge in [0.25, 0.3) is 0 Å². The van der Waals surface area contributed by atoms with Gasteiger partial charge in [0.15, 0.2) is 5.65 Å². The monoisotopic (exact) mass is 390 g/mol. The van der Waals surface area contributed by atoms with E-state index >= 15 is 0 Å². The first-order chi connectivity index (χ1) is 14.1. The van der Waals surface area contributed by atoms with E-state index in [0.29, 0.717) is 45.8 Å². The second-order valence-electron chi connectivity index (χ2n) is 6.99. The molecule has 146 valence electrons. The third-order valence-corrected chi connectivity index (χ3v) is 4.91. The number of rotatable bonds is 5. The van der Waals surface area contributed by atoms with Crippen LogP contribution < -0.4 is 15.8 Å². The molecule has 0 aliphatic heterocycles. The van der Waals surface area contributed by atoms with Crippen LogP contribution in [0.4, 0.5) is 16.2 Å².